The SMILES string of the molecule is Cc1cc(C)c(NC(=O)c2ccc(OCC(C)C)c(Br)c2)c(C)c1. The normalized spacial score (nSPS) is 10.8. The highest BCUT2D eigenvalue weighted by Crippen LogP contribution is 2.28. The number of hydrogen-bond donors (Lipinski definition) is 1. The summed E-state index contributed by atoms with van der Waals surface area (Å²) in [5, 5.41) is 3.02. The summed E-state index contributed by atoms with van der Waals surface area (Å²) in [7, 11) is 0. The molecule has 0 unspecified atom stereocenters. The number of ether oxygens (including phenoxy) is 1. The molecule has 0 aromatic heterocycles. The van der Waals surface area contributed by atoms with Crippen molar-refractivity contribution in [3.05, 3.63) is 57.1 Å². The smallest absolute Gasteiger partial charge is 0.255 e. The Labute approximate surface area is 152 Å². The molecule has 24 heavy (non-hydrogen) atoms. The van der Waals surface area contributed by atoms with Crippen LogP contribution in [0.25, 0.3) is 0 Å². The Morgan fingerprint density at radius 2 is 1.75 bits per heavy atom. The van der Waals surface area contributed by atoms with E-state index in [4.69, 9.17) is 4.74 Å². The Balaban J connectivity index is 2.17. The Morgan fingerprint density at radius 1 is 1.12 bits per heavy atom. The molecule has 1 N–H and O–H groups in total. The van der Waals surface area contributed by atoms with Crippen LogP contribution >= 0.6 is 15.9 Å². The van der Waals surface area contributed by atoms with E-state index in [2.05, 4.69) is 54.2 Å². The first-order valence-electron chi connectivity index (χ1n) is 8.09. The van der Waals surface area contributed by atoms with E-state index in [1.54, 1.807) is 12.1 Å². The van der Waals surface area contributed by atoms with Crippen molar-refractivity contribution >= 4 is 27.5 Å². The van der Waals surface area contributed by atoms with Crippen molar-refractivity contribution in [2.45, 2.75) is 34.6 Å². The van der Waals surface area contributed by atoms with Gasteiger partial charge in [0.1, 0.15) is 5.75 Å². The van der Waals surface area contributed by atoms with Crippen LogP contribution < -0.4 is 10.1 Å². The highest BCUT2D eigenvalue weighted by Gasteiger charge is 2.12. The number of amides is 1. The van der Waals surface area contributed by atoms with E-state index in [1.165, 1.54) is 5.56 Å². The molecule has 0 aliphatic rings. The first-order chi connectivity index (χ1) is 11.3. The Bertz CT molecular complexity index is 730. The lowest BCUT2D eigenvalue weighted by molar-refractivity contribution is 0.102. The van der Waals surface area contributed by atoms with Crippen molar-refractivity contribution in [1.29, 1.82) is 0 Å². The van der Waals surface area contributed by atoms with Crippen LogP contribution in [-0.4, -0.2) is 12.5 Å². The lowest BCUT2D eigenvalue weighted by atomic mass is 10.0. The van der Waals surface area contributed by atoms with Crippen LogP contribution in [0.15, 0.2) is 34.8 Å². The number of nitrogens with one attached hydrogen (secondary N) is 1. The predicted octanol–water partition coefficient (Wildman–Crippen LogP) is 5.66. The molecule has 2 aromatic carbocycles. The molecule has 1 amide bonds. The standard InChI is InChI=1S/C20H24BrNO2/c1-12(2)11-24-18-7-6-16(10-17(18)21)20(23)22-19-14(4)8-13(3)9-15(19)5/h6-10,12H,11H2,1-5H3,(H,22,23). The maximum absolute atomic E-state index is 12.6. The highest BCUT2D eigenvalue weighted by molar-refractivity contribution is 9.10. The van der Waals surface area contributed by atoms with Crippen LogP contribution in [0.1, 0.15) is 40.9 Å². The third-order valence-electron chi connectivity index (χ3n) is 3.68. The van der Waals surface area contributed by atoms with Gasteiger partial charge in [0.25, 0.3) is 5.91 Å². The molecule has 0 saturated heterocycles. The first kappa shape index (κ1) is 18.5. The second-order valence-electron chi connectivity index (χ2n) is 6.58. The Morgan fingerprint density at radius 3 is 2.29 bits per heavy atom. The van der Waals surface area contributed by atoms with Crippen LogP contribution in [0.3, 0.4) is 0 Å². The number of rotatable bonds is 5. The molecular weight excluding hydrogens is 366 g/mol. The quantitative estimate of drug-likeness (QED) is 0.715. The number of anilines is 1. The van der Waals surface area contributed by atoms with E-state index in [1.807, 2.05) is 19.9 Å². The van der Waals surface area contributed by atoms with Crippen molar-refractivity contribution in [1.82, 2.24) is 0 Å². The Kier molecular flexibility index (Phi) is 6.05. The van der Waals surface area contributed by atoms with Crippen molar-refractivity contribution < 1.29 is 9.53 Å². The average molecular weight is 390 g/mol. The molecule has 0 heterocycles. The fourth-order valence-electron chi connectivity index (χ4n) is 2.58. The van der Waals surface area contributed by atoms with Crippen LogP contribution in [0.5, 0.6) is 5.75 Å². The number of benzene rings is 2. The minimum Gasteiger partial charge on any atom is -0.492 e. The summed E-state index contributed by atoms with van der Waals surface area (Å²) in [5.41, 5.74) is 4.80. The van der Waals surface area contributed by atoms with Gasteiger partial charge in [-0.25, -0.2) is 0 Å². The fraction of sp³-hybridized carbons (Fsp3) is 0.350. The molecule has 2 rings (SSSR count). The predicted molar refractivity (Wildman–Crippen MR) is 103 cm³/mol. The molecule has 0 aliphatic heterocycles. The highest BCUT2D eigenvalue weighted by atomic mass is 79.9. The maximum atomic E-state index is 12.6. The molecule has 128 valence electrons. The summed E-state index contributed by atoms with van der Waals surface area (Å²) in [4.78, 5) is 12.6. The fourth-order valence-corrected chi connectivity index (χ4v) is 3.07. The minimum absolute atomic E-state index is 0.124. The zero-order chi connectivity index (χ0) is 17.9. The third-order valence-corrected chi connectivity index (χ3v) is 4.30. The molecule has 0 aliphatic carbocycles. The molecule has 0 spiro atoms. The van der Waals surface area contributed by atoms with Crippen LogP contribution in [0.2, 0.25) is 0 Å². The molecule has 2 aromatic rings. The number of carbonyl (C=O) groups is 1. The average Bonchev–Trinajstić information content (AvgIpc) is 2.49. The van der Waals surface area contributed by atoms with Gasteiger partial charge in [0.15, 0.2) is 0 Å². The molecular formula is C20H24BrNO2. The lowest BCUT2D eigenvalue weighted by Gasteiger charge is -2.14. The molecule has 0 fully saturated rings. The number of aryl methyl sites for hydroxylation is 3. The topological polar surface area (TPSA) is 38.3 Å². The number of halogens is 1. The van der Waals surface area contributed by atoms with Gasteiger partial charge in [-0.2, -0.15) is 0 Å². The van der Waals surface area contributed by atoms with Gasteiger partial charge in [-0.15, -0.1) is 0 Å². The van der Waals surface area contributed by atoms with Gasteiger partial charge in [0.2, 0.25) is 0 Å². The summed E-state index contributed by atoms with van der Waals surface area (Å²) in [6, 6.07) is 9.55. The summed E-state index contributed by atoms with van der Waals surface area (Å²) in [6.07, 6.45) is 0. The van der Waals surface area contributed by atoms with E-state index in [0.29, 0.717) is 18.1 Å². The lowest BCUT2D eigenvalue weighted by Crippen LogP contribution is -2.14. The van der Waals surface area contributed by atoms with Gasteiger partial charge in [-0.1, -0.05) is 31.5 Å². The van der Waals surface area contributed by atoms with E-state index in [-0.39, 0.29) is 5.91 Å². The van der Waals surface area contributed by atoms with Crippen molar-refractivity contribution in [3.8, 4) is 5.75 Å². The summed E-state index contributed by atoms with van der Waals surface area (Å²) in [5.74, 6) is 1.08. The molecule has 0 bridgehead atoms. The van der Waals surface area contributed by atoms with Crippen molar-refractivity contribution in [3.63, 3.8) is 0 Å². The van der Waals surface area contributed by atoms with E-state index in [9.17, 15) is 4.79 Å². The summed E-state index contributed by atoms with van der Waals surface area (Å²) < 4.78 is 6.51. The minimum atomic E-state index is -0.124. The van der Waals surface area contributed by atoms with Gasteiger partial charge in [-0.05, 0) is 71.9 Å². The van der Waals surface area contributed by atoms with E-state index >= 15 is 0 Å². The summed E-state index contributed by atoms with van der Waals surface area (Å²) >= 11 is 3.48. The molecule has 0 saturated carbocycles. The molecule has 4 heteroatoms. The Hall–Kier alpha value is -1.81. The molecule has 0 atom stereocenters. The number of carbonyl (C=O) groups excluding carboxylic acids is 1. The van der Waals surface area contributed by atoms with Gasteiger partial charge >= 0.3 is 0 Å². The second kappa shape index (κ2) is 7.84. The van der Waals surface area contributed by atoms with E-state index in [0.717, 1.165) is 27.0 Å². The molecule has 0 radical (unpaired) electrons. The zero-order valence-electron chi connectivity index (χ0n) is 14.9. The summed E-state index contributed by atoms with van der Waals surface area (Å²) in [6.45, 7) is 10.9. The van der Waals surface area contributed by atoms with Crippen LogP contribution in [0, 0.1) is 26.7 Å². The largest absolute Gasteiger partial charge is 0.492 e. The van der Waals surface area contributed by atoms with E-state index < -0.39 is 0 Å². The maximum Gasteiger partial charge on any atom is 0.255 e. The van der Waals surface area contributed by atoms with Crippen LogP contribution in [0.4, 0.5) is 5.69 Å². The van der Waals surface area contributed by atoms with Crippen LogP contribution in [-0.2, 0) is 0 Å². The second-order valence-corrected chi connectivity index (χ2v) is 7.43. The molecule has 3 nitrogen and oxygen atoms in total. The van der Waals surface area contributed by atoms with Gasteiger partial charge in [0, 0.05) is 11.3 Å². The number of hydrogen-bond acceptors (Lipinski definition) is 2. The first-order valence-corrected chi connectivity index (χ1v) is 8.88. The van der Waals surface area contributed by atoms with Gasteiger partial charge < -0.3 is 10.1 Å². The van der Waals surface area contributed by atoms with Gasteiger partial charge in [-0.3, -0.25) is 4.79 Å². The third kappa shape index (κ3) is 4.60. The van der Waals surface area contributed by atoms with Crippen molar-refractivity contribution in [2.24, 2.45) is 5.92 Å². The zero-order valence-corrected chi connectivity index (χ0v) is 16.5. The van der Waals surface area contributed by atoms with Gasteiger partial charge in [0.05, 0.1) is 11.1 Å². The monoisotopic (exact) mass is 389 g/mol. The van der Waals surface area contributed by atoms with Crippen molar-refractivity contribution in [2.75, 3.05) is 11.9 Å².